The minimum atomic E-state index is -0.217. The van der Waals surface area contributed by atoms with Gasteiger partial charge >= 0.3 is 0 Å². The smallest absolute Gasteiger partial charge is 0.216 e. The molecule has 0 radical (unpaired) electrons. The van der Waals surface area contributed by atoms with Gasteiger partial charge in [0.1, 0.15) is 12.1 Å². The van der Waals surface area contributed by atoms with E-state index in [1.807, 2.05) is 19.9 Å². The molecule has 1 N–H and O–H groups in total. The zero-order valence-corrected chi connectivity index (χ0v) is 12.6. The first kappa shape index (κ1) is 15.4. The van der Waals surface area contributed by atoms with Crippen molar-refractivity contribution >= 4 is 0 Å². The minimum absolute atomic E-state index is 0.00704. The van der Waals surface area contributed by atoms with Crippen LogP contribution in [0.15, 0.2) is 30.6 Å². The summed E-state index contributed by atoms with van der Waals surface area (Å²) in [5, 5.41) is 3.38. The molecule has 1 aromatic heterocycles. The van der Waals surface area contributed by atoms with E-state index in [1.54, 1.807) is 19.2 Å². The van der Waals surface area contributed by atoms with Crippen LogP contribution in [0.25, 0.3) is 0 Å². The van der Waals surface area contributed by atoms with Crippen LogP contribution < -0.4 is 10.1 Å². The van der Waals surface area contributed by atoms with E-state index >= 15 is 0 Å². The molecule has 4 nitrogen and oxygen atoms in total. The number of likely N-dealkylation sites (N-methyl/N-ethyl adjacent to an activating group) is 1. The van der Waals surface area contributed by atoms with Crippen LogP contribution in [-0.2, 0) is 6.42 Å². The summed E-state index contributed by atoms with van der Waals surface area (Å²) in [7, 11) is 1.57. The minimum Gasteiger partial charge on any atom is -0.481 e. The number of benzene rings is 1. The van der Waals surface area contributed by atoms with Crippen molar-refractivity contribution in [3.05, 3.63) is 53.2 Å². The van der Waals surface area contributed by atoms with E-state index in [-0.39, 0.29) is 11.9 Å². The monoisotopic (exact) mass is 289 g/mol. The number of nitrogens with zero attached hydrogens (tertiary/aromatic N) is 2. The van der Waals surface area contributed by atoms with Gasteiger partial charge in [0.15, 0.2) is 0 Å². The molecule has 112 valence electrons. The average Bonchev–Trinajstić information content (AvgIpc) is 2.50. The SMILES string of the molecule is CCNC(Cc1cc(F)ccc1C)c1cc(OC)ncn1. The quantitative estimate of drug-likeness (QED) is 0.888. The lowest BCUT2D eigenvalue weighted by atomic mass is 9.99. The molecule has 0 aliphatic heterocycles. The molecule has 2 aromatic rings. The molecule has 5 heteroatoms. The van der Waals surface area contributed by atoms with Gasteiger partial charge in [0.25, 0.3) is 0 Å². The molecule has 1 heterocycles. The fourth-order valence-electron chi connectivity index (χ4n) is 2.26. The van der Waals surface area contributed by atoms with Crippen LogP contribution in [-0.4, -0.2) is 23.6 Å². The van der Waals surface area contributed by atoms with Crippen LogP contribution in [0.2, 0.25) is 0 Å². The number of methoxy groups -OCH3 is 1. The predicted molar refractivity (Wildman–Crippen MR) is 79.8 cm³/mol. The Morgan fingerprint density at radius 1 is 1.29 bits per heavy atom. The largest absolute Gasteiger partial charge is 0.481 e. The Kier molecular flexibility index (Phi) is 5.22. The normalized spacial score (nSPS) is 12.2. The highest BCUT2D eigenvalue weighted by molar-refractivity contribution is 5.29. The number of ether oxygens (including phenoxy) is 1. The zero-order valence-electron chi connectivity index (χ0n) is 12.6. The maximum atomic E-state index is 13.4. The molecule has 0 saturated carbocycles. The molecule has 0 saturated heterocycles. The highest BCUT2D eigenvalue weighted by atomic mass is 19.1. The van der Waals surface area contributed by atoms with Gasteiger partial charge in [-0.25, -0.2) is 14.4 Å². The summed E-state index contributed by atoms with van der Waals surface area (Å²) >= 11 is 0. The number of hydrogen-bond donors (Lipinski definition) is 1. The Bertz CT molecular complexity index is 604. The Hall–Kier alpha value is -2.01. The van der Waals surface area contributed by atoms with Gasteiger partial charge in [0.05, 0.1) is 18.8 Å². The van der Waals surface area contributed by atoms with E-state index in [4.69, 9.17) is 4.74 Å². The molecule has 2 rings (SSSR count). The first-order valence-corrected chi connectivity index (χ1v) is 6.98. The highest BCUT2D eigenvalue weighted by Gasteiger charge is 2.15. The number of hydrogen-bond acceptors (Lipinski definition) is 4. The van der Waals surface area contributed by atoms with E-state index in [1.165, 1.54) is 12.4 Å². The number of aromatic nitrogens is 2. The second-order valence-electron chi connectivity index (χ2n) is 4.87. The van der Waals surface area contributed by atoms with Gasteiger partial charge in [-0.05, 0) is 43.1 Å². The fourth-order valence-corrected chi connectivity index (χ4v) is 2.26. The molecule has 1 unspecified atom stereocenters. The van der Waals surface area contributed by atoms with Gasteiger partial charge in [0, 0.05) is 6.07 Å². The number of nitrogens with one attached hydrogen (secondary N) is 1. The Morgan fingerprint density at radius 3 is 2.81 bits per heavy atom. The predicted octanol–water partition coefficient (Wildman–Crippen LogP) is 2.83. The van der Waals surface area contributed by atoms with E-state index in [0.29, 0.717) is 12.3 Å². The van der Waals surface area contributed by atoms with Gasteiger partial charge in [-0.15, -0.1) is 0 Å². The van der Waals surface area contributed by atoms with Crippen molar-refractivity contribution < 1.29 is 9.13 Å². The topological polar surface area (TPSA) is 47.0 Å². The van der Waals surface area contributed by atoms with Crippen molar-refractivity contribution in [1.29, 1.82) is 0 Å². The van der Waals surface area contributed by atoms with Crippen LogP contribution >= 0.6 is 0 Å². The first-order valence-electron chi connectivity index (χ1n) is 6.98. The third kappa shape index (κ3) is 3.98. The summed E-state index contributed by atoms with van der Waals surface area (Å²) in [6.07, 6.45) is 2.15. The molecule has 1 aromatic carbocycles. The van der Waals surface area contributed by atoms with Crippen LogP contribution in [0.5, 0.6) is 5.88 Å². The number of halogens is 1. The third-order valence-electron chi connectivity index (χ3n) is 3.42. The van der Waals surface area contributed by atoms with Crippen molar-refractivity contribution in [2.24, 2.45) is 0 Å². The maximum absolute atomic E-state index is 13.4. The van der Waals surface area contributed by atoms with Gasteiger partial charge in [-0.3, -0.25) is 0 Å². The third-order valence-corrected chi connectivity index (χ3v) is 3.42. The average molecular weight is 289 g/mol. The lowest BCUT2D eigenvalue weighted by Crippen LogP contribution is -2.24. The molecule has 0 spiro atoms. The van der Waals surface area contributed by atoms with Gasteiger partial charge in [0.2, 0.25) is 5.88 Å². The summed E-state index contributed by atoms with van der Waals surface area (Å²) in [6, 6.07) is 6.66. The van der Waals surface area contributed by atoms with Gasteiger partial charge in [-0.1, -0.05) is 13.0 Å². The maximum Gasteiger partial charge on any atom is 0.216 e. The summed E-state index contributed by atoms with van der Waals surface area (Å²) < 4.78 is 18.6. The lowest BCUT2D eigenvalue weighted by Gasteiger charge is -2.19. The van der Waals surface area contributed by atoms with Crippen molar-refractivity contribution in [3.8, 4) is 5.88 Å². The fraction of sp³-hybridized carbons (Fsp3) is 0.375. The molecule has 0 aliphatic rings. The van der Waals surface area contributed by atoms with Gasteiger partial charge in [-0.2, -0.15) is 0 Å². The standard InChI is InChI=1S/C16H20FN3O/c1-4-18-14(15-9-16(21-3)20-10-19-15)8-12-7-13(17)6-5-11(12)2/h5-7,9-10,14,18H,4,8H2,1-3H3. The van der Waals surface area contributed by atoms with E-state index in [9.17, 15) is 4.39 Å². The molecule has 0 fully saturated rings. The van der Waals surface area contributed by atoms with Crippen molar-refractivity contribution in [2.75, 3.05) is 13.7 Å². The van der Waals surface area contributed by atoms with Crippen molar-refractivity contribution in [2.45, 2.75) is 26.3 Å². The van der Waals surface area contributed by atoms with Crippen molar-refractivity contribution in [3.63, 3.8) is 0 Å². The van der Waals surface area contributed by atoms with Crippen LogP contribution in [0, 0.1) is 12.7 Å². The van der Waals surface area contributed by atoms with Crippen molar-refractivity contribution in [1.82, 2.24) is 15.3 Å². The molecule has 0 aliphatic carbocycles. The van der Waals surface area contributed by atoms with Gasteiger partial charge < -0.3 is 10.1 Å². The summed E-state index contributed by atoms with van der Waals surface area (Å²) in [6.45, 7) is 4.81. The lowest BCUT2D eigenvalue weighted by molar-refractivity contribution is 0.393. The Balaban J connectivity index is 2.28. The van der Waals surface area contributed by atoms with Crippen LogP contribution in [0.4, 0.5) is 4.39 Å². The molecule has 0 amide bonds. The van der Waals surface area contributed by atoms with Crippen LogP contribution in [0.3, 0.4) is 0 Å². The molecule has 0 bridgehead atoms. The van der Waals surface area contributed by atoms with E-state index in [2.05, 4.69) is 15.3 Å². The second-order valence-corrected chi connectivity index (χ2v) is 4.87. The molecule has 21 heavy (non-hydrogen) atoms. The molecular weight excluding hydrogens is 269 g/mol. The highest BCUT2D eigenvalue weighted by Crippen LogP contribution is 2.21. The van der Waals surface area contributed by atoms with Crippen LogP contribution in [0.1, 0.15) is 29.8 Å². The Morgan fingerprint density at radius 2 is 2.10 bits per heavy atom. The second kappa shape index (κ2) is 7.13. The molecular formula is C16H20FN3O. The van der Waals surface area contributed by atoms with E-state index < -0.39 is 0 Å². The zero-order chi connectivity index (χ0) is 15.2. The number of rotatable bonds is 6. The Labute approximate surface area is 124 Å². The van der Waals surface area contributed by atoms with E-state index in [0.717, 1.165) is 23.4 Å². The molecule has 1 atom stereocenters. The number of aryl methyl sites for hydroxylation is 1. The first-order chi connectivity index (χ1) is 10.1. The summed E-state index contributed by atoms with van der Waals surface area (Å²) in [5.74, 6) is 0.310. The summed E-state index contributed by atoms with van der Waals surface area (Å²) in [4.78, 5) is 8.33. The summed E-state index contributed by atoms with van der Waals surface area (Å²) in [5.41, 5.74) is 2.88.